The van der Waals surface area contributed by atoms with Crippen molar-refractivity contribution >= 4 is 16.9 Å². The number of hydrogen-bond donors (Lipinski definition) is 1. The monoisotopic (exact) mass is 231 g/mol. The SMILES string of the molecule is N#Cc1ccc(CSC2=NCCCN2)cc1. The zero-order valence-corrected chi connectivity index (χ0v) is 9.76. The fourth-order valence-electron chi connectivity index (χ4n) is 1.43. The molecule has 1 aromatic rings. The van der Waals surface area contributed by atoms with Crippen LogP contribution in [0.5, 0.6) is 0 Å². The molecule has 0 unspecified atom stereocenters. The average Bonchev–Trinajstić information content (AvgIpc) is 2.38. The van der Waals surface area contributed by atoms with E-state index in [2.05, 4.69) is 16.4 Å². The van der Waals surface area contributed by atoms with Crippen LogP contribution in [-0.2, 0) is 5.75 Å². The summed E-state index contributed by atoms with van der Waals surface area (Å²) in [5, 5.41) is 13.0. The van der Waals surface area contributed by atoms with E-state index < -0.39 is 0 Å². The first-order valence-corrected chi connectivity index (χ1v) is 6.27. The lowest BCUT2D eigenvalue weighted by atomic mass is 10.2. The molecule has 0 amide bonds. The lowest BCUT2D eigenvalue weighted by Crippen LogP contribution is -2.26. The maximum Gasteiger partial charge on any atom is 0.156 e. The van der Waals surface area contributed by atoms with Crippen LogP contribution in [0.4, 0.5) is 0 Å². The van der Waals surface area contributed by atoms with Crippen LogP contribution in [0.25, 0.3) is 0 Å². The first-order valence-electron chi connectivity index (χ1n) is 5.28. The van der Waals surface area contributed by atoms with E-state index in [-0.39, 0.29) is 0 Å². The summed E-state index contributed by atoms with van der Waals surface area (Å²) in [5.41, 5.74) is 1.93. The molecule has 0 aromatic heterocycles. The Morgan fingerprint density at radius 2 is 2.19 bits per heavy atom. The summed E-state index contributed by atoms with van der Waals surface area (Å²) in [6.07, 6.45) is 1.13. The molecule has 0 bridgehead atoms. The largest absolute Gasteiger partial charge is 0.365 e. The maximum atomic E-state index is 8.68. The standard InChI is InChI=1S/C12H13N3S/c13-8-10-2-4-11(5-3-10)9-16-12-14-6-1-7-15-12/h2-5H,1,6-7,9H2,(H,14,15). The molecular weight excluding hydrogens is 218 g/mol. The van der Waals surface area contributed by atoms with Gasteiger partial charge in [0.25, 0.3) is 0 Å². The van der Waals surface area contributed by atoms with E-state index in [9.17, 15) is 0 Å². The summed E-state index contributed by atoms with van der Waals surface area (Å²) in [7, 11) is 0. The van der Waals surface area contributed by atoms with Gasteiger partial charge < -0.3 is 5.32 Å². The number of nitrogens with zero attached hydrogens (tertiary/aromatic N) is 2. The Morgan fingerprint density at radius 1 is 1.38 bits per heavy atom. The molecule has 1 aromatic carbocycles. The van der Waals surface area contributed by atoms with Crippen molar-refractivity contribution in [2.75, 3.05) is 13.1 Å². The van der Waals surface area contributed by atoms with Crippen LogP contribution in [0.1, 0.15) is 17.5 Å². The highest BCUT2D eigenvalue weighted by atomic mass is 32.2. The number of thioether (sulfide) groups is 1. The van der Waals surface area contributed by atoms with Crippen molar-refractivity contribution in [1.29, 1.82) is 5.26 Å². The van der Waals surface area contributed by atoms with Crippen LogP contribution in [0.3, 0.4) is 0 Å². The normalized spacial score (nSPS) is 14.8. The maximum absolute atomic E-state index is 8.68. The molecular formula is C12H13N3S. The molecule has 1 N–H and O–H groups in total. The molecule has 0 radical (unpaired) electrons. The number of benzene rings is 1. The second-order valence-corrected chi connectivity index (χ2v) is 4.53. The molecule has 16 heavy (non-hydrogen) atoms. The van der Waals surface area contributed by atoms with E-state index >= 15 is 0 Å². The van der Waals surface area contributed by atoms with Gasteiger partial charge in [0.2, 0.25) is 0 Å². The Bertz CT molecular complexity index is 417. The molecule has 0 fully saturated rings. The fourth-order valence-corrected chi connectivity index (χ4v) is 2.32. The van der Waals surface area contributed by atoms with Crippen molar-refractivity contribution in [3.05, 3.63) is 35.4 Å². The van der Waals surface area contributed by atoms with E-state index in [1.54, 1.807) is 11.8 Å². The predicted octanol–water partition coefficient (Wildman–Crippen LogP) is 2.14. The summed E-state index contributed by atoms with van der Waals surface area (Å²) in [6.45, 7) is 1.96. The van der Waals surface area contributed by atoms with Crippen LogP contribution in [-0.4, -0.2) is 18.3 Å². The number of rotatable bonds is 2. The predicted molar refractivity (Wildman–Crippen MR) is 67.4 cm³/mol. The first kappa shape index (κ1) is 11.0. The van der Waals surface area contributed by atoms with Crippen molar-refractivity contribution in [3.8, 4) is 6.07 Å². The average molecular weight is 231 g/mol. The molecule has 0 spiro atoms. The highest BCUT2D eigenvalue weighted by Crippen LogP contribution is 2.14. The summed E-state index contributed by atoms with van der Waals surface area (Å²) >= 11 is 1.72. The molecule has 1 aliphatic rings. The van der Waals surface area contributed by atoms with Crippen molar-refractivity contribution in [1.82, 2.24) is 5.32 Å². The number of nitrogens with one attached hydrogen (secondary N) is 1. The lowest BCUT2D eigenvalue weighted by molar-refractivity contribution is 0.751. The Labute approximate surface area is 99.6 Å². The van der Waals surface area contributed by atoms with Gasteiger partial charge in [-0.3, -0.25) is 4.99 Å². The zero-order valence-electron chi connectivity index (χ0n) is 8.94. The van der Waals surface area contributed by atoms with Crippen LogP contribution >= 0.6 is 11.8 Å². The Hall–Kier alpha value is -1.47. The summed E-state index contributed by atoms with van der Waals surface area (Å²) in [6, 6.07) is 9.81. The molecule has 0 saturated carbocycles. The van der Waals surface area contributed by atoms with Crippen LogP contribution in [0.15, 0.2) is 29.3 Å². The molecule has 1 heterocycles. The molecule has 0 atom stereocenters. The number of aliphatic imine (C=N–C) groups is 1. The molecule has 2 rings (SSSR count). The van der Waals surface area contributed by atoms with Crippen LogP contribution in [0.2, 0.25) is 0 Å². The molecule has 82 valence electrons. The second-order valence-electron chi connectivity index (χ2n) is 3.56. The third-order valence-electron chi connectivity index (χ3n) is 2.33. The molecule has 1 aliphatic heterocycles. The van der Waals surface area contributed by atoms with E-state index in [4.69, 9.17) is 5.26 Å². The first-order chi connectivity index (χ1) is 7.88. The minimum absolute atomic E-state index is 0.710. The van der Waals surface area contributed by atoms with Crippen LogP contribution in [0, 0.1) is 11.3 Å². The topological polar surface area (TPSA) is 48.2 Å². The van der Waals surface area contributed by atoms with Gasteiger partial charge in [0.05, 0.1) is 11.6 Å². The van der Waals surface area contributed by atoms with Gasteiger partial charge in [-0.25, -0.2) is 0 Å². The van der Waals surface area contributed by atoms with Crippen molar-refractivity contribution < 1.29 is 0 Å². The number of amidine groups is 1. The minimum atomic E-state index is 0.710. The molecule has 4 heteroatoms. The minimum Gasteiger partial charge on any atom is -0.365 e. The van der Waals surface area contributed by atoms with Gasteiger partial charge in [-0.05, 0) is 24.1 Å². The Kier molecular flexibility index (Phi) is 3.84. The molecule has 0 saturated heterocycles. The van der Waals surface area contributed by atoms with E-state index in [1.165, 1.54) is 5.56 Å². The van der Waals surface area contributed by atoms with E-state index in [1.807, 2.05) is 24.3 Å². The second kappa shape index (κ2) is 5.57. The fraction of sp³-hybridized carbons (Fsp3) is 0.333. The Balaban J connectivity index is 1.89. The quantitative estimate of drug-likeness (QED) is 0.848. The zero-order chi connectivity index (χ0) is 11.2. The van der Waals surface area contributed by atoms with Gasteiger partial charge in [0.1, 0.15) is 0 Å². The van der Waals surface area contributed by atoms with Gasteiger partial charge in [-0.15, -0.1) is 0 Å². The van der Waals surface area contributed by atoms with Gasteiger partial charge in [-0.1, -0.05) is 23.9 Å². The Morgan fingerprint density at radius 3 is 2.81 bits per heavy atom. The van der Waals surface area contributed by atoms with Crippen molar-refractivity contribution in [2.24, 2.45) is 4.99 Å². The van der Waals surface area contributed by atoms with Crippen molar-refractivity contribution in [2.45, 2.75) is 12.2 Å². The van der Waals surface area contributed by atoms with Gasteiger partial charge in [0.15, 0.2) is 5.17 Å². The molecule has 3 nitrogen and oxygen atoms in total. The smallest absolute Gasteiger partial charge is 0.156 e. The summed E-state index contributed by atoms with van der Waals surface area (Å²) < 4.78 is 0. The number of nitriles is 1. The van der Waals surface area contributed by atoms with Crippen LogP contribution < -0.4 is 5.32 Å². The summed E-state index contributed by atoms with van der Waals surface area (Å²) in [4.78, 5) is 4.39. The number of hydrogen-bond acceptors (Lipinski definition) is 4. The van der Waals surface area contributed by atoms with E-state index in [0.29, 0.717) is 5.56 Å². The van der Waals surface area contributed by atoms with Gasteiger partial charge >= 0.3 is 0 Å². The molecule has 0 aliphatic carbocycles. The highest BCUT2D eigenvalue weighted by Gasteiger charge is 2.04. The van der Waals surface area contributed by atoms with Gasteiger partial charge in [-0.2, -0.15) is 5.26 Å². The van der Waals surface area contributed by atoms with E-state index in [0.717, 1.165) is 30.4 Å². The highest BCUT2D eigenvalue weighted by molar-refractivity contribution is 8.13. The third-order valence-corrected chi connectivity index (χ3v) is 3.35. The van der Waals surface area contributed by atoms with Gasteiger partial charge in [0, 0.05) is 18.8 Å². The van der Waals surface area contributed by atoms with Crippen molar-refractivity contribution in [3.63, 3.8) is 0 Å². The third kappa shape index (κ3) is 3.01. The summed E-state index contributed by atoms with van der Waals surface area (Å²) in [5.74, 6) is 0.900. The lowest BCUT2D eigenvalue weighted by Gasteiger charge is -2.13.